The SMILES string of the molecule is COCC1(C(=O)O)CCCN(C(=O)c2cc3ccc(Cl)cc3[nH]2)C1. The van der Waals surface area contributed by atoms with Gasteiger partial charge in [0, 0.05) is 36.1 Å². The number of fused-ring (bicyclic) bond motifs is 1. The summed E-state index contributed by atoms with van der Waals surface area (Å²) in [4.78, 5) is 29.2. The molecule has 0 spiro atoms. The molecule has 2 aromatic rings. The van der Waals surface area contributed by atoms with Gasteiger partial charge in [-0.1, -0.05) is 17.7 Å². The number of nitrogens with zero attached hydrogens (tertiary/aromatic N) is 1. The van der Waals surface area contributed by atoms with E-state index in [1.165, 1.54) is 7.11 Å². The van der Waals surface area contributed by atoms with Crippen LogP contribution in [-0.4, -0.2) is 53.7 Å². The van der Waals surface area contributed by atoms with Gasteiger partial charge in [-0.2, -0.15) is 0 Å². The van der Waals surface area contributed by atoms with Gasteiger partial charge in [0.1, 0.15) is 11.1 Å². The van der Waals surface area contributed by atoms with Crippen LogP contribution in [-0.2, 0) is 9.53 Å². The topological polar surface area (TPSA) is 82.6 Å². The van der Waals surface area contributed by atoms with E-state index in [2.05, 4.69) is 4.98 Å². The number of likely N-dealkylation sites (tertiary alicyclic amines) is 1. The number of benzene rings is 1. The molecule has 1 aromatic carbocycles. The molecule has 2 heterocycles. The number of rotatable bonds is 4. The number of aliphatic carboxylic acids is 1. The number of amides is 1. The van der Waals surface area contributed by atoms with Gasteiger partial charge in [0.25, 0.3) is 5.91 Å². The molecule has 7 heteroatoms. The fourth-order valence-corrected chi connectivity index (χ4v) is 3.49. The van der Waals surface area contributed by atoms with Gasteiger partial charge in [0.05, 0.1) is 6.61 Å². The van der Waals surface area contributed by atoms with Crippen molar-refractivity contribution in [3.05, 3.63) is 35.0 Å². The number of H-pyrrole nitrogens is 1. The summed E-state index contributed by atoms with van der Waals surface area (Å²) in [7, 11) is 1.48. The maximum absolute atomic E-state index is 12.8. The van der Waals surface area contributed by atoms with Crippen LogP contribution < -0.4 is 0 Å². The van der Waals surface area contributed by atoms with Crippen LogP contribution in [0, 0.1) is 5.41 Å². The van der Waals surface area contributed by atoms with Crippen LogP contribution in [0.25, 0.3) is 10.9 Å². The highest BCUT2D eigenvalue weighted by molar-refractivity contribution is 6.31. The number of carboxylic acid groups (broad SMARTS) is 1. The molecule has 1 aliphatic heterocycles. The number of methoxy groups -OCH3 is 1. The zero-order valence-corrected chi connectivity index (χ0v) is 14.1. The molecule has 1 aromatic heterocycles. The summed E-state index contributed by atoms with van der Waals surface area (Å²) in [6, 6.07) is 7.13. The predicted molar refractivity (Wildman–Crippen MR) is 90.4 cm³/mol. The lowest BCUT2D eigenvalue weighted by Gasteiger charge is -2.39. The van der Waals surface area contributed by atoms with Crippen LogP contribution in [0.2, 0.25) is 5.02 Å². The number of carbonyl (C=O) groups is 2. The van der Waals surface area contributed by atoms with Gasteiger partial charge in [-0.3, -0.25) is 9.59 Å². The Morgan fingerprint density at radius 2 is 2.21 bits per heavy atom. The van der Waals surface area contributed by atoms with E-state index in [1.54, 1.807) is 23.1 Å². The van der Waals surface area contributed by atoms with Gasteiger partial charge in [0.15, 0.2) is 0 Å². The second kappa shape index (κ2) is 6.45. The third kappa shape index (κ3) is 2.99. The van der Waals surface area contributed by atoms with Crippen molar-refractivity contribution >= 4 is 34.4 Å². The Labute approximate surface area is 144 Å². The highest BCUT2D eigenvalue weighted by Crippen LogP contribution is 2.32. The Bertz CT molecular complexity index is 784. The molecule has 0 saturated carbocycles. The van der Waals surface area contributed by atoms with Crippen molar-refractivity contribution in [2.45, 2.75) is 12.8 Å². The summed E-state index contributed by atoms with van der Waals surface area (Å²) in [5.74, 6) is -1.13. The molecular weight excluding hydrogens is 332 g/mol. The molecule has 2 N–H and O–H groups in total. The van der Waals surface area contributed by atoms with Crippen LogP contribution in [0.15, 0.2) is 24.3 Å². The number of nitrogens with one attached hydrogen (secondary N) is 1. The minimum absolute atomic E-state index is 0.0917. The molecule has 1 unspecified atom stereocenters. The number of aromatic amines is 1. The lowest BCUT2D eigenvalue weighted by molar-refractivity contribution is -0.155. The molecule has 3 rings (SSSR count). The third-order valence-electron chi connectivity index (χ3n) is 4.55. The lowest BCUT2D eigenvalue weighted by atomic mass is 9.80. The molecule has 1 atom stereocenters. The van der Waals surface area contributed by atoms with Gasteiger partial charge >= 0.3 is 5.97 Å². The number of carboxylic acids is 1. The smallest absolute Gasteiger partial charge is 0.313 e. The fraction of sp³-hybridized carbons (Fsp3) is 0.412. The zero-order chi connectivity index (χ0) is 17.3. The van der Waals surface area contributed by atoms with Crippen LogP contribution in [0.1, 0.15) is 23.3 Å². The van der Waals surface area contributed by atoms with E-state index in [0.717, 1.165) is 10.9 Å². The molecule has 128 valence electrons. The van der Waals surface area contributed by atoms with Crippen LogP contribution in [0.4, 0.5) is 0 Å². The first-order valence-corrected chi connectivity index (χ1v) is 8.13. The molecule has 1 amide bonds. The quantitative estimate of drug-likeness (QED) is 0.888. The summed E-state index contributed by atoms with van der Waals surface area (Å²) in [6.45, 7) is 0.771. The average molecular weight is 351 g/mol. The predicted octanol–water partition coefficient (Wildman–Crippen LogP) is 2.77. The van der Waals surface area contributed by atoms with Gasteiger partial charge in [-0.25, -0.2) is 0 Å². The number of ether oxygens (including phenoxy) is 1. The molecule has 0 radical (unpaired) electrons. The Balaban J connectivity index is 1.86. The Morgan fingerprint density at radius 3 is 2.92 bits per heavy atom. The number of hydrogen-bond acceptors (Lipinski definition) is 3. The summed E-state index contributed by atoms with van der Waals surface area (Å²) >= 11 is 5.97. The van der Waals surface area contributed by atoms with E-state index in [1.807, 2.05) is 6.07 Å². The van der Waals surface area contributed by atoms with Crippen molar-refractivity contribution in [3.63, 3.8) is 0 Å². The average Bonchev–Trinajstić information content (AvgIpc) is 2.97. The molecule has 0 bridgehead atoms. The maximum Gasteiger partial charge on any atom is 0.313 e. The lowest BCUT2D eigenvalue weighted by Crippen LogP contribution is -2.52. The largest absolute Gasteiger partial charge is 0.481 e. The van der Waals surface area contributed by atoms with Crippen molar-refractivity contribution in [2.75, 3.05) is 26.8 Å². The number of carbonyl (C=O) groups excluding carboxylic acids is 1. The van der Waals surface area contributed by atoms with E-state index in [-0.39, 0.29) is 19.1 Å². The number of halogens is 1. The van der Waals surface area contributed by atoms with Crippen molar-refractivity contribution in [1.29, 1.82) is 0 Å². The number of hydrogen-bond donors (Lipinski definition) is 2. The first-order chi connectivity index (χ1) is 11.4. The van der Waals surface area contributed by atoms with E-state index >= 15 is 0 Å². The minimum atomic E-state index is -1.04. The minimum Gasteiger partial charge on any atom is -0.481 e. The van der Waals surface area contributed by atoms with Crippen molar-refractivity contribution in [1.82, 2.24) is 9.88 Å². The highest BCUT2D eigenvalue weighted by atomic mass is 35.5. The molecule has 24 heavy (non-hydrogen) atoms. The van der Waals surface area contributed by atoms with E-state index in [4.69, 9.17) is 16.3 Å². The third-order valence-corrected chi connectivity index (χ3v) is 4.79. The number of aromatic nitrogens is 1. The summed E-state index contributed by atoms with van der Waals surface area (Å²) in [5.41, 5.74) is 0.174. The van der Waals surface area contributed by atoms with Crippen molar-refractivity contribution in [2.24, 2.45) is 5.41 Å². The Kier molecular flexibility index (Phi) is 4.51. The van der Waals surface area contributed by atoms with Crippen LogP contribution in [0.5, 0.6) is 0 Å². The van der Waals surface area contributed by atoms with Gasteiger partial charge < -0.3 is 19.7 Å². The molecule has 6 nitrogen and oxygen atoms in total. The maximum atomic E-state index is 12.8. The van der Waals surface area contributed by atoms with Gasteiger partial charge in [0.2, 0.25) is 0 Å². The standard InChI is InChI=1S/C17H19ClN2O4/c1-24-10-17(16(22)23)5-2-6-20(9-17)15(21)14-7-11-3-4-12(18)8-13(11)19-14/h3-4,7-8,19H,2,5-6,9-10H2,1H3,(H,22,23). The first kappa shape index (κ1) is 16.8. The second-order valence-corrected chi connectivity index (χ2v) is 6.70. The zero-order valence-electron chi connectivity index (χ0n) is 13.3. The monoisotopic (exact) mass is 350 g/mol. The molecule has 1 aliphatic rings. The summed E-state index contributed by atoms with van der Waals surface area (Å²) in [6.07, 6.45) is 1.13. The fourth-order valence-electron chi connectivity index (χ4n) is 3.32. The van der Waals surface area contributed by atoms with E-state index < -0.39 is 11.4 Å². The Hall–Kier alpha value is -2.05. The molecule has 1 saturated heterocycles. The molecule has 0 aliphatic carbocycles. The molecule has 1 fully saturated rings. The summed E-state index contributed by atoms with van der Waals surface area (Å²) in [5, 5.41) is 11.1. The van der Waals surface area contributed by atoms with Gasteiger partial charge in [-0.15, -0.1) is 0 Å². The summed E-state index contributed by atoms with van der Waals surface area (Å²) < 4.78 is 5.10. The first-order valence-electron chi connectivity index (χ1n) is 7.75. The highest BCUT2D eigenvalue weighted by Gasteiger charge is 2.44. The van der Waals surface area contributed by atoms with E-state index in [0.29, 0.717) is 30.1 Å². The molecular formula is C17H19ClN2O4. The van der Waals surface area contributed by atoms with Crippen LogP contribution in [0.3, 0.4) is 0 Å². The second-order valence-electron chi connectivity index (χ2n) is 6.26. The normalized spacial score (nSPS) is 21.2. The van der Waals surface area contributed by atoms with Crippen molar-refractivity contribution in [3.8, 4) is 0 Å². The Morgan fingerprint density at radius 1 is 1.42 bits per heavy atom. The van der Waals surface area contributed by atoms with Crippen molar-refractivity contribution < 1.29 is 19.4 Å². The van der Waals surface area contributed by atoms with Crippen LogP contribution >= 0.6 is 11.6 Å². The van der Waals surface area contributed by atoms with E-state index in [9.17, 15) is 14.7 Å². The van der Waals surface area contributed by atoms with Gasteiger partial charge in [-0.05, 0) is 31.0 Å². The number of piperidine rings is 1.